The van der Waals surface area contributed by atoms with Crippen molar-refractivity contribution < 1.29 is 0 Å². The van der Waals surface area contributed by atoms with Gasteiger partial charge in [-0.3, -0.25) is 0 Å². The van der Waals surface area contributed by atoms with Crippen LogP contribution in [0.2, 0.25) is 0 Å². The van der Waals surface area contributed by atoms with Crippen molar-refractivity contribution >= 4 is 76.3 Å². The van der Waals surface area contributed by atoms with E-state index in [0.717, 1.165) is 0 Å². The fourth-order valence-electron chi connectivity index (χ4n) is 6.31. The molecule has 0 aliphatic heterocycles. The van der Waals surface area contributed by atoms with Crippen LogP contribution in [-0.4, -0.2) is 19.1 Å². The Balaban J connectivity index is 1.25. The zero-order valence-corrected chi connectivity index (χ0v) is 24.6. The number of nitrogens with zero attached hydrogens (tertiary/aromatic N) is 1. The quantitative estimate of drug-likeness (QED) is 0.177. The van der Waals surface area contributed by atoms with Gasteiger partial charge in [0.15, 0.2) is 0 Å². The Morgan fingerprint density at radius 3 is 1.95 bits per heavy atom. The normalized spacial score (nSPS) is 11.9. The fourth-order valence-corrected chi connectivity index (χ4v) is 10.5. The summed E-state index contributed by atoms with van der Waals surface area (Å²) < 4.78 is 6.82. The Hall–Kier alpha value is -4.40. The summed E-state index contributed by atoms with van der Waals surface area (Å²) in [5.41, 5.74) is 8.78. The van der Waals surface area contributed by atoms with Gasteiger partial charge in [-0.1, -0.05) is 18.2 Å². The van der Waals surface area contributed by atoms with Gasteiger partial charge in [-0.2, -0.15) is 0 Å². The molecule has 3 aromatic heterocycles. The second-order valence-corrected chi connectivity index (χ2v) is 14.4. The minimum absolute atomic E-state index is 0.363. The zero-order chi connectivity index (χ0) is 26.9. The molecule has 0 amide bonds. The summed E-state index contributed by atoms with van der Waals surface area (Å²) in [6.07, 6.45) is 0. The van der Waals surface area contributed by atoms with E-state index in [-0.39, 0.29) is 0 Å². The molecule has 0 radical (unpaired) electrons. The molecule has 0 fully saturated rings. The predicted molar refractivity (Wildman–Crippen MR) is 179 cm³/mol. The first-order valence-electron chi connectivity index (χ1n) is 13.9. The van der Waals surface area contributed by atoms with E-state index >= 15 is 0 Å². The number of hydrogen-bond acceptors (Lipinski definition) is 1. The van der Waals surface area contributed by atoms with Crippen molar-refractivity contribution in [3.8, 4) is 27.9 Å². The third-order valence-corrected chi connectivity index (χ3v) is 12.2. The van der Waals surface area contributed by atoms with Crippen LogP contribution in [0.25, 0.3) is 78.4 Å². The summed E-state index contributed by atoms with van der Waals surface area (Å²) in [5, 5.41) is 6.85. The molecule has 0 saturated heterocycles. The topological polar surface area (TPSA) is 4.93 Å². The summed E-state index contributed by atoms with van der Waals surface area (Å²) in [5.74, 6) is 0. The van der Waals surface area contributed by atoms with Gasteiger partial charge in [-0.15, -0.1) is 0 Å². The van der Waals surface area contributed by atoms with E-state index in [2.05, 4.69) is 144 Å². The minimum atomic E-state index is 0.363. The van der Waals surface area contributed by atoms with Crippen molar-refractivity contribution in [3.63, 3.8) is 0 Å². The van der Waals surface area contributed by atoms with E-state index < -0.39 is 0 Å². The van der Waals surface area contributed by atoms with Crippen LogP contribution in [0.15, 0.2) is 140 Å². The van der Waals surface area contributed by atoms with Gasteiger partial charge in [0.05, 0.1) is 0 Å². The van der Waals surface area contributed by atoms with Crippen molar-refractivity contribution in [2.24, 2.45) is 0 Å². The van der Waals surface area contributed by atoms with Gasteiger partial charge in [0.2, 0.25) is 0 Å². The third kappa shape index (κ3) is 3.60. The van der Waals surface area contributed by atoms with Gasteiger partial charge < -0.3 is 0 Å². The number of thiophene rings is 1. The summed E-state index contributed by atoms with van der Waals surface area (Å²) >= 11 is 2.34. The van der Waals surface area contributed by atoms with Crippen LogP contribution in [0, 0.1) is 0 Å². The Morgan fingerprint density at radius 2 is 1.10 bits per heavy atom. The van der Waals surface area contributed by atoms with Gasteiger partial charge in [-0.05, 0) is 0 Å². The SMILES string of the molecule is c1ccc(-c2ccc3[se]c4sc5ccc(-c6ccc7c(c6)c6ccccc6n7-c6ccccc6)cc5c4c3c2)cc1. The van der Waals surface area contributed by atoms with E-state index in [1.807, 2.05) is 11.3 Å². The van der Waals surface area contributed by atoms with Crippen molar-refractivity contribution in [1.82, 2.24) is 4.57 Å². The van der Waals surface area contributed by atoms with Gasteiger partial charge >= 0.3 is 230 Å². The van der Waals surface area contributed by atoms with Crippen LogP contribution < -0.4 is 0 Å². The average molecular weight is 605 g/mol. The molecule has 3 heterocycles. The van der Waals surface area contributed by atoms with E-state index in [1.165, 1.54) is 74.9 Å². The van der Waals surface area contributed by atoms with E-state index in [0.29, 0.717) is 14.5 Å². The van der Waals surface area contributed by atoms with Crippen molar-refractivity contribution in [3.05, 3.63) is 140 Å². The average Bonchev–Trinajstić information content (AvgIpc) is 3.69. The van der Waals surface area contributed by atoms with Crippen LogP contribution in [0.4, 0.5) is 0 Å². The number of rotatable bonds is 3. The van der Waals surface area contributed by atoms with Gasteiger partial charge in [-0.25, -0.2) is 0 Å². The molecule has 41 heavy (non-hydrogen) atoms. The fraction of sp³-hybridized carbons (Fsp3) is 0. The molecule has 9 rings (SSSR count). The molecule has 6 aromatic carbocycles. The molecule has 3 heteroatoms. The van der Waals surface area contributed by atoms with Crippen LogP contribution in [0.1, 0.15) is 0 Å². The van der Waals surface area contributed by atoms with Crippen LogP contribution in [0.3, 0.4) is 0 Å². The molecule has 0 aliphatic rings. The zero-order valence-electron chi connectivity index (χ0n) is 22.0. The molecule has 0 bridgehead atoms. The summed E-state index contributed by atoms with van der Waals surface area (Å²) in [4.78, 5) is 0. The summed E-state index contributed by atoms with van der Waals surface area (Å²) in [7, 11) is 0. The molecule has 0 atom stereocenters. The molecular formula is C38H23NSSe. The number of hydrogen-bond donors (Lipinski definition) is 0. The first kappa shape index (κ1) is 23.3. The van der Waals surface area contributed by atoms with E-state index in [1.54, 1.807) is 3.57 Å². The first-order valence-corrected chi connectivity index (χ1v) is 16.4. The molecule has 0 aliphatic carbocycles. The second kappa shape index (κ2) is 9.06. The third-order valence-electron chi connectivity index (χ3n) is 8.23. The van der Waals surface area contributed by atoms with E-state index in [9.17, 15) is 0 Å². The molecule has 9 aromatic rings. The van der Waals surface area contributed by atoms with Crippen LogP contribution in [0.5, 0.6) is 0 Å². The Kier molecular flexibility index (Phi) is 5.15. The molecule has 192 valence electrons. The summed E-state index contributed by atoms with van der Waals surface area (Å²) in [6, 6.07) is 51.3. The number of fused-ring (bicyclic) bond motifs is 8. The summed E-state index contributed by atoms with van der Waals surface area (Å²) in [6.45, 7) is 0. The predicted octanol–water partition coefficient (Wildman–Crippen LogP) is 10.7. The standard InChI is InChI=1S/C38H23NSSe/c1-3-9-24(10-4-1)25-17-20-36-32(23-25)37-31-22-27(16-19-35(31)40-38(37)41-36)26-15-18-34-30(21-26)29-13-7-8-14-33(29)39(34)28-11-5-2-6-12-28/h1-23H. The van der Waals surface area contributed by atoms with Gasteiger partial charge in [0.1, 0.15) is 0 Å². The maximum absolute atomic E-state index is 2.43. The Bertz CT molecular complexity index is 2410. The van der Waals surface area contributed by atoms with Crippen molar-refractivity contribution in [1.29, 1.82) is 0 Å². The van der Waals surface area contributed by atoms with Crippen molar-refractivity contribution in [2.45, 2.75) is 0 Å². The molecule has 0 spiro atoms. The van der Waals surface area contributed by atoms with Crippen LogP contribution in [-0.2, 0) is 0 Å². The molecule has 0 unspecified atom stereocenters. The van der Waals surface area contributed by atoms with Gasteiger partial charge in [0, 0.05) is 0 Å². The molecular weight excluding hydrogens is 581 g/mol. The number of benzene rings is 6. The number of aromatic nitrogens is 1. The number of para-hydroxylation sites is 2. The van der Waals surface area contributed by atoms with Crippen molar-refractivity contribution in [2.75, 3.05) is 0 Å². The molecule has 0 N–H and O–H groups in total. The molecule has 1 nitrogen and oxygen atoms in total. The van der Waals surface area contributed by atoms with Gasteiger partial charge in [0.25, 0.3) is 0 Å². The second-order valence-electron chi connectivity index (χ2n) is 10.6. The Labute approximate surface area is 247 Å². The Morgan fingerprint density at radius 1 is 0.463 bits per heavy atom. The maximum atomic E-state index is 2.43. The molecule has 0 saturated carbocycles. The first-order chi connectivity index (χ1) is 20.3. The monoisotopic (exact) mass is 605 g/mol. The van der Waals surface area contributed by atoms with E-state index in [4.69, 9.17) is 0 Å². The van der Waals surface area contributed by atoms with Crippen LogP contribution >= 0.6 is 11.3 Å².